The van der Waals surface area contributed by atoms with Gasteiger partial charge in [-0.2, -0.15) is 0 Å². The number of piperazine rings is 1. The maximum Gasteiger partial charge on any atom is 0.249 e. The van der Waals surface area contributed by atoms with Crippen LogP contribution in [0.3, 0.4) is 0 Å². The van der Waals surface area contributed by atoms with E-state index >= 15 is 0 Å². The summed E-state index contributed by atoms with van der Waals surface area (Å²) >= 11 is 0. The van der Waals surface area contributed by atoms with Gasteiger partial charge < -0.3 is 15.5 Å². The van der Waals surface area contributed by atoms with E-state index in [0.717, 1.165) is 50.9 Å². The Morgan fingerprint density at radius 3 is 2.43 bits per heavy atom. The van der Waals surface area contributed by atoms with Crippen molar-refractivity contribution >= 4 is 48.0 Å². The van der Waals surface area contributed by atoms with Crippen LogP contribution in [0.1, 0.15) is 25.7 Å². The van der Waals surface area contributed by atoms with Gasteiger partial charge in [0.25, 0.3) is 0 Å². The van der Waals surface area contributed by atoms with Crippen molar-refractivity contribution in [1.29, 1.82) is 0 Å². The number of piperidine rings is 2. The first-order chi connectivity index (χ1) is 13.7. The molecule has 3 fully saturated rings. The Kier molecular flexibility index (Phi) is 9.68. The number of hydrogen-bond donors (Lipinski definition) is 3. The summed E-state index contributed by atoms with van der Waals surface area (Å²) < 4.78 is 0. The zero-order valence-corrected chi connectivity index (χ0v) is 18.9. The zero-order valence-electron chi connectivity index (χ0n) is 17.3. The van der Waals surface area contributed by atoms with Gasteiger partial charge in [0.05, 0.1) is 0 Å². The number of anilines is 2. The molecule has 1 atom stereocenters. The fourth-order valence-electron chi connectivity index (χ4n) is 4.44. The SMILES string of the molecule is Cl.Cl.O=C1CCC(Nc2cccc(N3CCN(CC4CCNCC4)CC3)c2)C(=O)N1. The van der Waals surface area contributed by atoms with E-state index in [-0.39, 0.29) is 42.7 Å². The van der Waals surface area contributed by atoms with E-state index in [1.165, 1.54) is 25.1 Å². The van der Waals surface area contributed by atoms with E-state index in [0.29, 0.717) is 12.8 Å². The zero-order chi connectivity index (χ0) is 19.3. The van der Waals surface area contributed by atoms with Crippen molar-refractivity contribution in [2.24, 2.45) is 5.92 Å². The first kappa shape index (κ1) is 24.7. The van der Waals surface area contributed by atoms with Crippen LogP contribution >= 0.6 is 24.8 Å². The second kappa shape index (κ2) is 11.7. The minimum Gasteiger partial charge on any atom is -0.374 e. The van der Waals surface area contributed by atoms with Gasteiger partial charge >= 0.3 is 0 Å². The van der Waals surface area contributed by atoms with Crippen LogP contribution in [0.15, 0.2) is 24.3 Å². The molecule has 2 amide bonds. The molecular formula is C21H33Cl2N5O2. The number of nitrogens with zero attached hydrogens (tertiary/aromatic N) is 2. The van der Waals surface area contributed by atoms with Gasteiger partial charge in [0, 0.05) is 50.5 Å². The molecule has 3 aliphatic heterocycles. The molecule has 3 saturated heterocycles. The number of rotatable bonds is 5. The second-order valence-corrected chi connectivity index (χ2v) is 8.18. The van der Waals surface area contributed by atoms with Gasteiger partial charge in [0.2, 0.25) is 11.8 Å². The predicted octanol–water partition coefficient (Wildman–Crippen LogP) is 1.87. The molecule has 9 heteroatoms. The van der Waals surface area contributed by atoms with Crippen LogP contribution in [0.5, 0.6) is 0 Å². The lowest BCUT2D eigenvalue weighted by Gasteiger charge is -2.38. The van der Waals surface area contributed by atoms with Crippen LogP contribution in [0.25, 0.3) is 0 Å². The second-order valence-electron chi connectivity index (χ2n) is 8.18. The molecule has 0 bridgehead atoms. The van der Waals surface area contributed by atoms with Gasteiger partial charge in [-0.15, -0.1) is 24.8 Å². The standard InChI is InChI=1S/C21H31N5O2.2ClH/c27-20-5-4-19(21(28)24-20)23-17-2-1-3-18(14-17)26-12-10-25(11-13-26)15-16-6-8-22-9-7-16;;/h1-3,14,16,19,22-23H,4-13,15H2,(H,24,27,28);2*1H. The first-order valence-corrected chi connectivity index (χ1v) is 10.6. The highest BCUT2D eigenvalue weighted by molar-refractivity contribution is 6.01. The molecule has 30 heavy (non-hydrogen) atoms. The Morgan fingerprint density at radius 2 is 1.73 bits per heavy atom. The highest BCUT2D eigenvalue weighted by Crippen LogP contribution is 2.23. The molecule has 0 aromatic heterocycles. The monoisotopic (exact) mass is 457 g/mol. The van der Waals surface area contributed by atoms with Crippen molar-refractivity contribution in [1.82, 2.24) is 15.5 Å². The average molecular weight is 458 g/mol. The summed E-state index contributed by atoms with van der Waals surface area (Å²) in [7, 11) is 0. The van der Waals surface area contributed by atoms with E-state index in [1.807, 2.05) is 12.1 Å². The molecule has 4 rings (SSSR count). The van der Waals surface area contributed by atoms with Crippen molar-refractivity contribution in [3.8, 4) is 0 Å². The summed E-state index contributed by atoms with van der Waals surface area (Å²) in [6, 6.07) is 7.94. The third-order valence-electron chi connectivity index (χ3n) is 6.14. The summed E-state index contributed by atoms with van der Waals surface area (Å²) in [5.41, 5.74) is 2.13. The first-order valence-electron chi connectivity index (χ1n) is 10.6. The molecule has 0 saturated carbocycles. The molecule has 1 aromatic carbocycles. The minimum absolute atomic E-state index is 0. The lowest BCUT2D eigenvalue weighted by atomic mass is 9.97. The molecule has 0 spiro atoms. The summed E-state index contributed by atoms with van der Waals surface area (Å²) in [6.07, 6.45) is 3.54. The molecule has 7 nitrogen and oxygen atoms in total. The number of carbonyl (C=O) groups is 2. The minimum atomic E-state index is -0.338. The van der Waals surface area contributed by atoms with E-state index in [1.54, 1.807) is 0 Å². The van der Waals surface area contributed by atoms with Gasteiger partial charge in [-0.25, -0.2) is 0 Å². The summed E-state index contributed by atoms with van der Waals surface area (Å²) in [5.74, 6) is 0.432. The van der Waals surface area contributed by atoms with E-state index in [9.17, 15) is 9.59 Å². The largest absolute Gasteiger partial charge is 0.374 e. The average Bonchev–Trinajstić information content (AvgIpc) is 2.72. The van der Waals surface area contributed by atoms with Gasteiger partial charge in [-0.1, -0.05) is 6.07 Å². The molecule has 3 N–H and O–H groups in total. The molecule has 0 aliphatic carbocycles. The van der Waals surface area contributed by atoms with Crippen LogP contribution in [0.2, 0.25) is 0 Å². The number of carbonyl (C=O) groups excluding carboxylic acids is 2. The Hall–Kier alpha value is -1.54. The Bertz CT molecular complexity index is 706. The van der Waals surface area contributed by atoms with Gasteiger partial charge in [0.1, 0.15) is 6.04 Å². The summed E-state index contributed by atoms with van der Waals surface area (Å²) in [5, 5.41) is 9.14. The van der Waals surface area contributed by atoms with E-state index in [2.05, 4.69) is 37.9 Å². The number of imide groups is 1. The Balaban J connectivity index is 0.00000160. The van der Waals surface area contributed by atoms with Gasteiger partial charge in [0.15, 0.2) is 0 Å². The van der Waals surface area contributed by atoms with E-state index < -0.39 is 0 Å². The predicted molar refractivity (Wildman–Crippen MR) is 125 cm³/mol. The Morgan fingerprint density at radius 1 is 1.00 bits per heavy atom. The normalized spacial score (nSPS) is 23.2. The molecule has 3 heterocycles. The van der Waals surface area contributed by atoms with Crippen LogP contribution in [-0.2, 0) is 9.59 Å². The summed E-state index contributed by atoms with van der Waals surface area (Å²) in [4.78, 5) is 28.3. The highest BCUT2D eigenvalue weighted by atomic mass is 35.5. The smallest absolute Gasteiger partial charge is 0.249 e. The van der Waals surface area contributed by atoms with Crippen LogP contribution in [-0.4, -0.2) is 68.6 Å². The lowest BCUT2D eigenvalue weighted by Crippen LogP contribution is -2.48. The highest BCUT2D eigenvalue weighted by Gasteiger charge is 2.26. The van der Waals surface area contributed by atoms with Crippen molar-refractivity contribution in [2.75, 3.05) is 56.0 Å². The van der Waals surface area contributed by atoms with Crippen LogP contribution < -0.4 is 20.9 Å². The fraction of sp³-hybridized carbons (Fsp3) is 0.619. The van der Waals surface area contributed by atoms with Crippen molar-refractivity contribution in [3.63, 3.8) is 0 Å². The number of amides is 2. The van der Waals surface area contributed by atoms with Gasteiger partial charge in [-0.3, -0.25) is 19.8 Å². The molecule has 1 unspecified atom stereocenters. The molecule has 1 aromatic rings. The van der Waals surface area contributed by atoms with Gasteiger partial charge in [-0.05, 0) is 56.5 Å². The van der Waals surface area contributed by atoms with Crippen molar-refractivity contribution in [2.45, 2.75) is 31.7 Å². The maximum atomic E-state index is 12.0. The molecule has 168 valence electrons. The lowest BCUT2D eigenvalue weighted by molar-refractivity contribution is -0.133. The molecule has 0 radical (unpaired) electrons. The number of halogens is 2. The third-order valence-corrected chi connectivity index (χ3v) is 6.14. The van der Waals surface area contributed by atoms with Crippen molar-refractivity contribution < 1.29 is 9.59 Å². The van der Waals surface area contributed by atoms with E-state index in [4.69, 9.17) is 0 Å². The number of hydrogen-bond acceptors (Lipinski definition) is 6. The number of nitrogens with one attached hydrogen (secondary N) is 3. The number of benzene rings is 1. The fourth-order valence-corrected chi connectivity index (χ4v) is 4.44. The van der Waals surface area contributed by atoms with Crippen LogP contribution in [0, 0.1) is 5.92 Å². The Labute approximate surface area is 191 Å². The summed E-state index contributed by atoms with van der Waals surface area (Å²) in [6.45, 7) is 7.84. The quantitative estimate of drug-likeness (QED) is 0.585. The van der Waals surface area contributed by atoms with Crippen LogP contribution in [0.4, 0.5) is 11.4 Å². The maximum absolute atomic E-state index is 12.0. The molecule has 3 aliphatic rings. The topological polar surface area (TPSA) is 76.7 Å². The van der Waals surface area contributed by atoms with Crippen molar-refractivity contribution in [3.05, 3.63) is 24.3 Å². The molecular weight excluding hydrogens is 425 g/mol. The third kappa shape index (κ3) is 6.48.